The van der Waals surface area contributed by atoms with Crippen molar-refractivity contribution in [2.24, 2.45) is 11.8 Å². The van der Waals surface area contributed by atoms with Gasteiger partial charge in [0.15, 0.2) is 0 Å². The monoisotopic (exact) mass is 229 g/mol. The Hall–Kier alpha value is -0.120. The molecule has 0 radical (unpaired) electrons. The van der Waals surface area contributed by atoms with Gasteiger partial charge in [0.2, 0.25) is 0 Å². The Kier molecular flexibility index (Phi) is 7.01. The molecule has 1 saturated heterocycles. The zero-order valence-electron chi connectivity index (χ0n) is 11.0. The molecule has 0 aromatic carbocycles. The zero-order chi connectivity index (χ0) is 11.8. The van der Waals surface area contributed by atoms with Crippen LogP contribution in [0.5, 0.6) is 0 Å². The third-order valence-electron chi connectivity index (χ3n) is 3.34. The lowest BCUT2D eigenvalue weighted by Gasteiger charge is -2.32. The van der Waals surface area contributed by atoms with Crippen LogP contribution in [-0.4, -0.2) is 39.5 Å². The van der Waals surface area contributed by atoms with E-state index in [1.54, 1.807) is 7.11 Å². The van der Waals surface area contributed by atoms with Gasteiger partial charge in [-0.1, -0.05) is 13.8 Å². The standard InChI is InChI=1S/C13H27NO2/c1-4-14-13(8-11(2)9-15-3)12-6-5-7-16-10-12/h11-14H,4-10H2,1-3H3. The molecule has 0 aromatic rings. The molecule has 0 aliphatic carbocycles. The Labute approximate surface area is 99.9 Å². The van der Waals surface area contributed by atoms with Crippen molar-refractivity contribution in [1.82, 2.24) is 5.32 Å². The van der Waals surface area contributed by atoms with E-state index in [1.807, 2.05) is 0 Å². The molecule has 1 aliphatic rings. The highest BCUT2D eigenvalue weighted by Gasteiger charge is 2.24. The lowest BCUT2D eigenvalue weighted by Crippen LogP contribution is -2.41. The van der Waals surface area contributed by atoms with Gasteiger partial charge in [0.25, 0.3) is 0 Å². The first-order chi connectivity index (χ1) is 7.77. The Bertz CT molecular complexity index is 169. The van der Waals surface area contributed by atoms with Crippen LogP contribution in [-0.2, 0) is 9.47 Å². The van der Waals surface area contributed by atoms with E-state index in [2.05, 4.69) is 19.2 Å². The Morgan fingerprint density at radius 3 is 2.88 bits per heavy atom. The Morgan fingerprint density at radius 2 is 2.31 bits per heavy atom. The maximum Gasteiger partial charge on any atom is 0.0509 e. The van der Waals surface area contributed by atoms with E-state index < -0.39 is 0 Å². The van der Waals surface area contributed by atoms with E-state index in [-0.39, 0.29) is 0 Å². The summed E-state index contributed by atoms with van der Waals surface area (Å²) < 4.78 is 10.8. The van der Waals surface area contributed by atoms with Crippen molar-refractivity contribution < 1.29 is 9.47 Å². The topological polar surface area (TPSA) is 30.5 Å². The smallest absolute Gasteiger partial charge is 0.0509 e. The molecule has 1 N–H and O–H groups in total. The minimum atomic E-state index is 0.593. The first kappa shape index (κ1) is 13.9. The average Bonchev–Trinajstić information content (AvgIpc) is 2.30. The molecule has 0 amide bonds. The average molecular weight is 229 g/mol. The van der Waals surface area contributed by atoms with Gasteiger partial charge in [-0.3, -0.25) is 0 Å². The molecule has 3 nitrogen and oxygen atoms in total. The Balaban J connectivity index is 2.38. The fourth-order valence-corrected chi connectivity index (χ4v) is 2.57. The normalized spacial score (nSPS) is 25.3. The number of nitrogens with one attached hydrogen (secondary N) is 1. The minimum Gasteiger partial charge on any atom is -0.384 e. The van der Waals surface area contributed by atoms with Gasteiger partial charge in [-0.2, -0.15) is 0 Å². The van der Waals surface area contributed by atoms with E-state index in [1.165, 1.54) is 19.3 Å². The zero-order valence-corrected chi connectivity index (χ0v) is 11.0. The number of hydrogen-bond donors (Lipinski definition) is 1. The molecule has 1 rings (SSSR count). The summed E-state index contributed by atoms with van der Waals surface area (Å²) in [6.07, 6.45) is 3.71. The molecular weight excluding hydrogens is 202 g/mol. The van der Waals surface area contributed by atoms with Gasteiger partial charge < -0.3 is 14.8 Å². The van der Waals surface area contributed by atoms with Crippen LogP contribution in [0.1, 0.15) is 33.1 Å². The van der Waals surface area contributed by atoms with E-state index >= 15 is 0 Å². The van der Waals surface area contributed by atoms with Crippen LogP contribution in [0.4, 0.5) is 0 Å². The molecule has 3 atom stereocenters. The van der Waals surface area contributed by atoms with E-state index in [0.29, 0.717) is 17.9 Å². The van der Waals surface area contributed by atoms with E-state index in [9.17, 15) is 0 Å². The molecule has 1 fully saturated rings. The van der Waals surface area contributed by atoms with E-state index in [4.69, 9.17) is 9.47 Å². The van der Waals surface area contributed by atoms with Crippen molar-refractivity contribution in [2.75, 3.05) is 33.5 Å². The second-order valence-corrected chi connectivity index (χ2v) is 4.94. The predicted octanol–water partition coefficient (Wildman–Crippen LogP) is 2.06. The number of rotatable bonds is 7. The highest BCUT2D eigenvalue weighted by molar-refractivity contribution is 4.79. The third kappa shape index (κ3) is 4.81. The highest BCUT2D eigenvalue weighted by Crippen LogP contribution is 2.22. The highest BCUT2D eigenvalue weighted by atomic mass is 16.5. The molecule has 1 aliphatic heterocycles. The summed E-state index contributed by atoms with van der Waals surface area (Å²) in [4.78, 5) is 0. The largest absolute Gasteiger partial charge is 0.384 e. The van der Waals surface area contributed by atoms with Crippen molar-refractivity contribution in [1.29, 1.82) is 0 Å². The van der Waals surface area contributed by atoms with Crippen LogP contribution in [0.15, 0.2) is 0 Å². The lowest BCUT2D eigenvalue weighted by atomic mass is 9.87. The van der Waals surface area contributed by atoms with Crippen molar-refractivity contribution in [3.63, 3.8) is 0 Å². The summed E-state index contributed by atoms with van der Waals surface area (Å²) in [5, 5.41) is 3.61. The fraction of sp³-hybridized carbons (Fsp3) is 1.00. The number of methoxy groups -OCH3 is 1. The first-order valence-electron chi connectivity index (χ1n) is 6.58. The second-order valence-electron chi connectivity index (χ2n) is 4.94. The van der Waals surface area contributed by atoms with Crippen LogP contribution in [0.2, 0.25) is 0 Å². The summed E-state index contributed by atoms with van der Waals surface area (Å²) in [6.45, 7) is 8.21. The number of hydrogen-bond acceptors (Lipinski definition) is 3. The van der Waals surface area contributed by atoms with Crippen molar-refractivity contribution in [3.05, 3.63) is 0 Å². The SMILES string of the molecule is CCNC(CC(C)COC)C1CCCOC1. The summed E-state index contributed by atoms with van der Waals surface area (Å²) in [5.41, 5.74) is 0. The maximum atomic E-state index is 5.58. The fourth-order valence-electron chi connectivity index (χ4n) is 2.57. The van der Waals surface area contributed by atoms with Crippen LogP contribution >= 0.6 is 0 Å². The van der Waals surface area contributed by atoms with Gasteiger partial charge in [-0.05, 0) is 37.6 Å². The molecule has 3 unspecified atom stereocenters. The second kappa shape index (κ2) is 8.04. The first-order valence-corrected chi connectivity index (χ1v) is 6.58. The summed E-state index contributed by atoms with van der Waals surface area (Å²) in [7, 11) is 1.78. The molecule has 0 saturated carbocycles. The summed E-state index contributed by atoms with van der Waals surface area (Å²) >= 11 is 0. The molecule has 0 bridgehead atoms. The molecular formula is C13H27NO2. The van der Waals surface area contributed by atoms with Gasteiger partial charge in [0.1, 0.15) is 0 Å². The Morgan fingerprint density at radius 1 is 1.50 bits per heavy atom. The predicted molar refractivity (Wildman–Crippen MR) is 66.7 cm³/mol. The minimum absolute atomic E-state index is 0.593. The maximum absolute atomic E-state index is 5.58. The molecule has 16 heavy (non-hydrogen) atoms. The van der Waals surface area contributed by atoms with Crippen LogP contribution < -0.4 is 5.32 Å². The van der Waals surface area contributed by atoms with E-state index in [0.717, 1.165) is 26.4 Å². The molecule has 1 heterocycles. The van der Waals surface area contributed by atoms with Crippen LogP contribution in [0, 0.1) is 11.8 Å². The van der Waals surface area contributed by atoms with Crippen LogP contribution in [0.25, 0.3) is 0 Å². The lowest BCUT2D eigenvalue weighted by molar-refractivity contribution is 0.0329. The van der Waals surface area contributed by atoms with Gasteiger partial charge in [0, 0.05) is 26.4 Å². The van der Waals surface area contributed by atoms with Gasteiger partial charge >= 0.3 is 0 Å². The molecule has 96 valence electrons. The van der Waals surface area contributed by atoms with Crippen molar-refractivity contribution in [2.45, 2.75) is 39.2 Å². The molecule has 3 heteroatoms. The summed E-state index contributed by atoms with van der Waals surface area (Å²) in [5.74, 6) is 1.31. The van der Waals surface area contributed by atoms with Gasteiger partial charge in [0.05, 0.1) is 6.61 Å². The van der Waals surface area contributed by atoms with Crippen molar-refractivity contribution >= 4 is 0 Å². The van der Waals surface area contributed by atoms with Gasteiger partial charge in [-0.25, -0.2) is 0 Å². The van der Waals surface area contributed by atoms with Gasteiger partial charge in [-0.15, -0.1) is 0 Å². The number of ether oxygens (including phenoxy) is 2. The molecule has 0 aromatic heterocycles. The van der Waals surface area contributed by atoms with Crippen molar-refractivity contribution in [3.8, 4) is 0 Å². The third-order valence-corrected chi connectivity index (χ3v) is 3.34. The molecule has 0 spiro atoms. The quantitative estimate of drug-likeness (QED) is 0.725. The van der Waals surface area contributed by atoms with Crippen LogP contribution in [0.3, 0.4) is 0 Å². The summed E-state index contributed by atoms with van der Waals surface area (Å²) in [6, 6.07) is 0.593.